The monoisotopic (exact) mass is 188 g/mol. The van der Waals surface area contributed by atoms with Crippen LogP contribution in [0.3, 0.4) is 0 Å². The first-order valence-electron chi connectivity index (χ1n) is 4.32. The summed E-state index contributed by atoms with van der Waals surface area (Å²) in [5, 5.41) is 0.718. The second-order valence-corrected chi connectivity index (χ2v) is 5.78. The fourth-order valence-corrected chi connectivity index (χ4v) is 1.49. The third-order valence-corrected chi connectivity index (χ3v) is 1.32. The van der Waals surface area contributed by atoms with Crippen LogP contribution in [0.1, 0.15) is 48.0 Å². The molecule has 0 rings (SSSR count). The molecule has 0 saturated heterocycles. The lowest BCUT2D eigenvalue weighted by molar-refractivity contribution is 0.113. The Hall–Kier alpha value is -0.110. The summed E-state index contributed by atoms with van der Waals surface area (Å²) in [6.07, 6.45) is 0.847. The molecule has 1 nitrogen and oxygen atoms in total. The molecule has 0 aromatic rings. The molecule has 2 heteroatoms. The molecule has 0 aliphatic heterocycles. The summed E-state index contributed by atoms with van der Waals surface area (Å²) in [5.74, 6) is 0. The third-order valence-electron chi connectivity index (χ3n) is 1.09. The van der Waals surface area contributed by atoms with Crippen LogP contribution in [0.4, 0.5) is 0 Å². The summed E-state index contributed by atoms with van der Waals surface area (Å²) in [6, 6.07) is 0. The first-order valence-corrected chi connectivity index (χ1v) is 4.73. The zero-order valence-corrected chi connectivity index (χ0v) is 9.84. The number of thiocarbonyl (C=S) groups is 1. The lowest BCUT2D eigenvalue weighted by Gasteiger charge is -2.25. The van der Waals surface area contributed by atoms with Crippen molar-refractivity contribution >= 4 is 17.3 Å². The van der Waals surface area contributed by atoms with E-state index < -0.39 is 0 Å². The van der Waals surface area contributed by atoms with Crippen LogP contribution in [0.15, 0.2) is 0 Å². The Balaban J connectivity index is 3.92. The molecule has 0 aromatic carbocycles. The van der Waals surface area contributed by atoms with Crippen molar-refractivity contribution < 1.29 is 4.74 Å². The summed E-state index contributed by atoms with van der Waals surface area (Å²) in [6.45, 7) is 12.5. The highest BCUT2D eigenvalue weighted by Gasteiger charge is 2.18. The Labute approximate surface area is 81.5 Å². The molecule has 0 N–H and O–H groups in total. The van der Waals surface area contributed by atoms with Crippen molar-refractivity contribution in [2.45, 2.75) is 53.6 Å². The normalized spacial score (nSPS) is 12.8. The molecule has 72 valence electrons. The molecule has 0 amide bonds. The predicted octanol–water partition coefficient (Wildman–Crippen LogP) is 3.57. The van der Waals surface area contributed by atoms with E-state index in [0.717, 1.165) is 11.5 Å². The molecule has 0 aromatic heterocycles. The van der Waals surface area contributed by atoms with Crippen LogP contribution in [0, 0.1) is 5.41 Å². The van der Waals surface area contributed by atoms with Crippen molar-refractivity contribution in [3.8, 4) is 0 Å². The number of ether oxygens (including phenoxy) is 1. The standard InChI is InChI=1S/C10H20OS/c1-9(2,3)7-8(12)11-10(4,5)6/h7H2,1-6H3. The number of hydrogen-bond acceptors (Lipinski definition) is 2. The predicted molar refractivity (Wildman–Crippen MR) is 57.5 cm³/mol. The molecule has 0 atom stereocenters. The van der Waals surface area contributed by atoms with Gasteiger partial charge in [0.25, 0.3) is 0 Å². The molecular formula is C10H20OS. The molecule has 0 unspecified atom stereocenters. The lowest BCUT2D eigenvalue weighted by atomic mass is 9.93. The molecule has 0 spiro atoms. The van der Waals surface area contributed by atoms with Gasteiger partial charge in [0.05, 0.1) is 0 Å². The summed E-state index contributed by atoms with van der Waals surface area (Å²) in [7, 11) is 0. The average molecular weight is 188 g/mol. The maximum Gasteiger partial charge on any atom is 0.160 e. The first kappa shape index (κ1) is 11.9. The van der Waals surface area contributed by atoms with Crippen molar-refractivity contribution in [2.75, 3.05) is 0 Å². The molecular weight excluding hydrogens is 168 g/mol. The maximum atomic E-state index is 5.55. The second kappa shape index (κ2) is 3.73. The van der Waals surface area contributed by atoms with E-state index in [1.54, 1.807) is 0 Å². The molecule has 0 bridgehead atoms. The number of rotatable bonds is 1. The zero-order valence-electron chi connectivity index (χ0n) is 9.02. The Bertz CT molecular complexity index is 142. The minimum atomic E-state index is -0.150. The van der Waals surface area contributed by atoms with Crippen molar-refractivity contribution in [2.24, 2.45) is 5.41 Å². The van der Waals surface area contributed by atoms with Gasteiger partial charge < -0.3 is 4.74 Å². The van der Waals surface area contributed by atoms with Crippen molar-refractivity contribution in [1.82, 2.24) is 0 Å². The van der Waals surface area contributed by atoms with Gasteiger partial charge in [0, 0.05) is 6.42 Å². The molecule has 0 heterocycles. The van der Waals surface area contributed by atoms with Gasteiger partial charge in [0.1, 0.15) is 5.60 Å². The van der Waals surface area contributed by atoms with E-state index in [0.29, 0.717) is 0 Å². The molecule has 0 aliphatic carbocycles. The van der Waals surface area contributed by atoms with Crippen molar-refractivity contribution in [3.63, 3.8) is 0 Å². The fraction of sp³-hybridized carbons (Fsp3) is 0.900. The summed E-state index contributed by atoms with van der Waals surface area (Å²) < 4.78 is 5.55. The second-order valence-electron chi connectivity index (χ2n) is 5.32. The molecule has 0 aliphatic rings. The highest BCUT2D eigenvalue weighted by molar-refractivity contribution is 7.80. The van der Waals surface area contributed by atoms with Crippen LogP contribution in [0.25, 0.3) is 0 Å². The smallest absolute Gasteiger partial charge is 0.160 e. The third kappa shape index (κ3) is 7.99. The van der Waals surface area contributed by atoms with Gasteiger partial charge in [-0.2, -0.15) is 0 Å². The Morgan fingerprint density at radius 3 is 1.75 bits per heavy atom. The fourth-order valence-electron chi connectivity index (χ4n) is 0.811. The van der Waals surface area contributed by atoms with Gasteiger partial charge in [-0.25, -0.2) is 0 Å². The molecule has 12 heavy (non-hydrogen) atoms. The molecule has 0 fully saturated rings. The van der Waals surface area contributed by atoms with Gasteiger partial charge in [0.15, 0.2) is 5.05 Å². The van der Waals surface area contributed by atoms with Gasteiger partial charge in [-0.1, -0.05) is 20.8 Å². The van der Waals surface area contributed by atoms with E-state index >= 15 is 0 Å². The lowest BCUT2D eigenvalue weighted by Crippen LogP contribution is -2.25. The quantitative estimate of drug-likeness (QED) is 0.582. The van der Waals surface area contributed by atoms with E-state index in [2.05, 4.69) is 20.8 Å². The van der Waals surface area contributed by atoms with Crippen LogP contribution in [0.2, 0.25) is 0 Å². The Morgan fingerprint density at radius 1 is 1.08 bits per heavy atom. The SMILES string of the molecule is CC(C)(C)CC(=S)OC(C)(C)C. The largest absolute Gasteiger partial charge is 0.482 e. The maximum absolute atomic E-state index is 5.55. The summed E-state index contributed by atoms with van der Waals surface area (Å²) in [4.78, 5) is 0. The van der Waals surface area contributed by atoms with E-state index in [-0.39, 0.29) is 11.0 Å². The molecule has 0 saturated carbocycles. The first-order chi connectivity index (χ1) is 5.10. The number of hydrogen-bond donors (Lipinski definition) is 0. The van der Waals surface area contributed by atoms with Crippen LogP contribution in [0.5, 0.6) is 0 Å². The minimum Gasteiger partial charge on any atom is -0.482 e. The van der Waals surface area contributed by atoms with Gasteiger partial charge >= 0.3 is 0 Å². The minimum absolute atomic E-state index is 0.150. The van der Waals surface area contributed by atoms with Gasteiger partial charge in [-0.05, 0) is 38.4 Å². The zero-order chi connectivity index (χ0) is 9.99. The van der Waals surface area contributed by atoms with E-state index in [4.69, 9.17) is 17.0 Å². The van der Waals surface area contributed by atoms with Crippen LogP contribution < -0.4 is 0 Å². The summed E-state index contributed by atoms with van der Waals surface area (Å²) in [5.41, 5.74) is 0.0741. The van der Waals surface area contributed by atoms with E-state index in [9.17, 15) is 0 Å². The molecule has 0 radical (unpaired) electrons. The van der Waals surface area contributed by atoms with Crippen molar-refractivity contribution in [1.29, 1.82) is 0 Å². The van der Waals surface area contributed by atoms with Crippen LogP contribution in [-0.2, 0) is 4.74 Å². The Morgan fingerprint density at radius 2 is 1.50 bits per heavy atom. The van der Waals surface area contributed by atoms with E-state index in [1.165, 1.54) is 0 Å². The Kier molecular flexibility index (Phi) is 3.70. The van der Waals surface area contributed by atoms with Crippen LogP contribution in [-0.4, -0.2) is 10.7 Å². The van der Waals surface area contributed by atoms with Gasteiger partial charge in [-0.15, -0.1) is 0 Å². The van der Waals surface area contributed by atoms with Gasteiger partial charge in [0.2, 0.25) is 0 Å². The van der Waals surface area contributed by atoms with Crippen molar-refractivity contribution in [3.05, 3.63) is 0 Å². The highest BCUT2D eigenvalue weighted by Crippen LogP contribution is 2.21. The van der Waals surface area contributed by atoms with Gasteiger partial charge in [-0.3, -0.25) is 0 Å². The highest BCUT2D eigenvalue weighted by atomic mass is 32.1. The van der Waals surface area contributed by atoms with Crippen LogP contribution >= 0.6 is 12.2 Å². The van der Waals surface area contributed by atoms with E-state index in [1.807, 2.05) is 20.8 Å². The topological polar surface area (TPSA) is 9.23 Å². The summed E-state index contributed by atoms with van der Waals surface area (Å²) >= 11 is 5.13. The average Bonchev–Trinajstić information content (AvgIpc) is 1.49.